The Labute approximate surface area is 180 Å². The van der Waals surface area contributed by atoms with Gasteiger partial charge >= 0.3 is 6.03 Å². The van der Waals surface area contributed by atoms with E-state index < -0.39 is 23.0 Å². The minimum atomic E-state index is -1.20. The van der Waals surface area contributed by atoms with Crippen molar-refractivity contribution < 1.29 is 14.0 Å². The van der Waals surface area contributed by atoms with Gasteiger partial charge in [-0.05, 0) is 36.2 Å². The molecular formula is C22H17ClN4O4. The number of benzene rings is 2. The summed E-state index contributed by atoms with van der Waals surface area (Å²) in [7, 11) is 0. The summed E-state index contributed by atoms with van der Waals surface area (Å²) in [5.41, 5.74) is -0.00263. The summed E-state index contributed by atoms with van der Waals surface area (Å²) in [5.74, 6) is -0.224. The van der Waals surface area contributed by atoms with Crippen LogP contribution in [-0.2, 0) is 16.9 Å². The predicted molar refractivity (Wildman–Crippen MR) is 115 cm³/mol. The molecular weight excluding hydrogens is 420 g/mol. The van der Waals surface area contributed by atoms with Gasteiger partial charge in [0.15, 0.2) is 0 Å². The first-order chi connectivity index (χ1) is 14.9. The molecule has 0 saturated carbocycles. The van der Waals surface area contributed by atoms with Gasteiger partial charge in [0.1, 0.15) is 22.5 Å². The quantitative estimate of drug-likeness (QED) is 0.474. The van der Waals surface area contributed by atoms with E-state index in [0.717, 1.165) is 4.90 Å². The third-order valence-electron chi connectivity index (χ3n) is 5.63. The highest BCUT2D eigenvalue weighted by Crippen LogP contribution is 2.34. The van der Waals surface area contributed by atoms with E-state index in [4.69, 9.17) is 16.0 Å². The Kier molecular flexibility index (Phi) is 4.33. The lowest BCUT2D eigenvalue weighted by atomic mass is 9.87. The maximum Gasteiger partial charge on any atom is 0.325 e. The smallest absolute Gasteiger partial charge is 0.325 e. The molecule has 1 atom stereocenters. The molecule has 0 aliphatic carbocycles. The van der Waals surface area contributed by atoms with E-state index in [1.54, 1.807) is 42.5 Å². The van der Waals surface area contributed by atoms with Crippen LogP contribution in [0.5, 0.6) is 0 Å². The lowest BCUT2D eigenvalue weighted by molar-refractivity contribution is -0.132. The van der Waals surface area contributed by atoms with Crippen LogP contribution < -0.4 is 10.9 Å². The molecule has 1 aliphatic heterocycles. The molecule has 2 aromatic heterocycles. The van der Waals surface area contributed by atoms with E-state index in [-0.39, 0.29) is 18.0 Å². The fraction of sp³-hybridized carbons (Fsp3) is 0.182. The number of nitrogens with zero attached hydrogens (tertiary/aromatic N) is 2. The number of fused-ring (bicyclic) bond motifs is 3. The number of H-pyrrole nitrogens is 1. The monoisotopic (exact) mass is 436 g/mol. The molecule has 1 aliphatic rings. The lowest BCUT2D eigenvalue weighted by Gasteiger charge is -2.25. The average Bonchev–Trinajstić information content (AvgIpc) is 3.26. The summed E-state index contributed by atoms with van der Waals surface area (Å²) in [6.45, 7) is 1.64. The number of aromatic amines is 1. The van der Waals surface area contributed by atoms with Gasteiger partial charge in [-0.15, -0.1) is 0 Å². The molecule has 1 fully saturated rings. The number of furan rings is 1. The van der Waals surface area contributed by atoms with Crippen molar-refractivity contribution in [3.8, 4) is 0 Å². The fourth-order valence-electron chi connectivity index (χ4n) is 4.02. The zero-order valence-corrected chi connectivity index (χ0v) is 17.2. The number of nitrogens with one attached hydrogen (secondary N) is 2. The Morgan fingerprint density at radius 3 is 2.58 bits per heavy atom. The van der Waals surface area contributed by atoms with Crippen LogP contribution in [0.3, 0.4) is 0 Å². The normalized spacial score (nSPS) is 18.8. The Bertz CT molecular complexity index is 1410. The van der Waals surface area contributed by atoms with Gasteiger partial charge in [0.2, 0.25) is 5.58 Å². The van der Waals surface area contributed by atoms with Gasteiger partial charge in [0, 0.05) is 10.4 Å². The first-order valence-corrected chi connectivity index (χ1v) is 10.1. The van der Waals surface area contributed by atoms with Gasteiger partial charge in [-0.25, -0.2) is 9.78 Å². The number of halogens is 1. The van der Waals surface area contributed by atoms with Crippen LogP contribution in [0.4, 0.5) is 4.79 Å². The van der Waals surface area contributed by atoms with Gasteiger partial charge in [0.25, 0.3) is 11.5 Å². The van der Waals surface area contributed by atoms with Crippen LogP contribution in [0, 0.1) is 0 Å². The number of amides is 3. The Balaban J connectivity index is 1.54. The van der Waals surface area contributed by atoms with E-state index in [2.05, 4.69) is 15.3 Å². The van der Waals surface area contributed by atoms with Crippen molar-refractivity contribution in [2.75, 3.05) is 0 Å². The summed E-state index contributed by atoms with van der Waals surface area (Å²) >= 11 is 5.97. The van der Waals surface area contributed by atoms with Crippen LogP contribution >= 0.6 is 11.6 Å². The van der Waals surface area contributed by atoms with Gasteiger partial charge in [-0.1, -0.05) is 42.8 Å². The molecule has 2 N–H and O–H groups in total. The van der Waals surface area contributed by atoms with Crippen LogP contribution in [0.25, 0.3) is 22.1 Å². The third-order valence-corrected chi connectivity index (χ3v) is 5.88. The largest absolute Gasteiger partial charge is 0.449 e. The van der Waals surface area contributed by atoms with Crippen LogP contribution in [0.2, 0.25) is 5.02 Å². The fourth-order valence-corrected chi connectivity index (χ4v) is 4.14. The average molecular weight is 437 g/mol. The van der Waals surface area contributed by atoms with Crippen molar-refractivity contribution in [3.05, 3.63) is 75.3 Å². The van der Waals surface area contributed by atoms with E-state index in [1.165, 1.54) is 0 Å². The number of carbonyl (C=O) groups excluding carboxylic acids is 2. The number of carbonyl (C=O) groups is 2. The van der Waals surface area contributed by atoms with Crippen molar-refractivity contribution in [1.82, 2.24) is 20.2 Å². The van der Waals surface area contributed by atoms with Crippen LogP contribution in [0.15, 0.2) is 57.7 Å². The van der Waals surface area contributed by atoms with E-state index >= 15 is 0 Å². The first-order valence-electron chi connectivity index (χ1n) is 9.73. The molecule has 8 nitrogen and oxygen atoms in total. The minimum Gasteiger partial charge on any atom is -0.449 e. The van der Waals surface area contributed by atoms with Crippen molar-refractivity contribution in [2.24, 2.45) is 0 Å². The van der Waals surface area contributed by atoms with E-state index in [0.29, 0.717) is 33.5 Å². The predicted octanol–water partition coefficient (Wildman–Crippen LogP) is 3.68. The number of para-hydroxylation sites is 1. The zero-order chi connectivity index (χ0) is 21.8. The van der Waals surface area contributed by atoms with Gasteiger partial charge < -0.3 is 14.7 Å². The number of hydrogen-bond acceptors (Lipinski definition) is 5. The molecule has 1 saturated heterocycles. The highest BCUT2D eigenvalue weighted by atomic mass is 35.5. The molecule has 31 heavy (non-hydrogen) atoms. The van der Waals surface area contributed by atoms with Crippen LogP contribution in [0.1, 0.15) is 24.7 Å². The Morgan fingerprint density at radius 2 is 1.84 bits per heavy atom. The highest BCUT2D eigenvalue weighted by molar-refractivity contribution is 6.30. The second-order valence-corrected chi connectivity index (χ2v) is 7.81. The van der Waals surface area contributed by atoms with Crippen molar-refractivity contribution in [1.29, 1.82) is 0 Å². The molecule has 0 bridgehead atoms. The molecule has 4 aromatic rings. The maximum atomic E-state index is 13.3. The molecule has 3 heterocycles. The summed E-state index contributed by atoms with van der Waals surface area (Å²) in [5, 5.41) is 4.02. The van der Waals surface area contributed by atoms with Crippen molar-refractivity contribution in [2.45, 2.75) is 25.4 Å². The molecule has 156 valence electrons. The van der Waals surface area contributed by atoms with E-state index in [9.17, 15) is 14.4 Å². The molecule has 2 aromatic carbocycles. The van der Waals surface area contributed by atoms with Crippen molar-refractivity contribution in [3.63, 3.8) is 0 Å². The molecule has 9 heteroatoms. The van der Waals surface area contributed by atoms with Crippen LogP contribution in [-0.4, -0.2) is 26.8 Å². The van der Waals surface area contributed by atoms with Gasteiger partial charge in [-0.2, -0.15) is 0 Å². The summed E-state index contributed by atoms with van der Waals surface area (Å²) in [6.07, 6.45) is 0.352. The Hall–Kier alpha value is -3.65. The second kappa shape index (κ2) is 6.95. The number of imide groups is 1. The highest BCUT2D eigenvalue weighted by Gasteiger charge is 2.51. The first kappa shape index (κ1) is 19.3. The van der Waals surface area contributed by atoms with Crippen molar-refractivity contribution >= 4 is 45.6 Å². The van der Waals surface area contributed by atoms with Gasteiger partial charge in [0.05, 0.1) is 6.54 Å². The minimum absolute atomic E-state index is 0.103. The maximum absolute atomic E-state index is 13.3. The standard InChI is InChI=1S/C22H17ClN4O4/c1-2-22(12-7-9-13(23)10-8-12)20(29)27(21(30)26-22)11-16-24-17-14-5-3-4-6-15(14)31-18(17)19(28)25-16/h3-10H,2,11H2,1H3,(H,26,30)(H,24,25,28)/t22-/m1/s1. The molecule has 0 spiro atoms. The van der Waals surface area contributed by atoms with E-state index in [1.807, 2.05) is 13.0 Å². The second-order valence-electron chi connectivity index (χ2n) is 7.38. The zero-order valence-electron chi connectivity index (χ0n) is 16.4. The SMILES string of the molecule is CC[C@]1(c2ccc(Cl)cc2)NC(=O)N(Cc2nc3c(oc4ccccc43)c(=O)[nH]2)C1=O. The number of rotatable bonds is 4. The molecule has 5 rings (SSSR count). The molecule has 0 radical (unpaired) electrons. The Morgan fingerprint density at radius 1 is 1.10 bits per heavy atom. The van der Waals surface area contributed by atoms with Gasteiger partial charge in [-0.3, -0.25) is 14.5 Å². The topological polar surface area (TPSA) is 108 Å². The lowest BCUT2D eigenvalue weighted by Crippen LogP contribution is -2.43. The number of urea groups is 1. The molecule has 0 unspecified atom stereocenters. The third kappa shape index (κ3) is 2.90. The molecule has 3 amide bonds. The summed E-state index contributed by atoms with van der Waals surface area (Å²) in [6, 6.07) is 13.4. The number of hydrogen-bond donors (Lipinski definition) is 2. The summed E-state index contributed by atoms with van der Waals surface area (Å²) < 4.78 is 5.59. The summed E-state index contributed by atoms with van der Waals surface area (Å²) in [4.78, 5) is 46.8. The number of aromatic nitrogens is 2.